The van der Waals surface area contributed by atoms with Crippen LogP contribution in [0.3, 0.4) is 0 Å². The summed E-state index contributed by atoms with van der Waals surface area (Å²) in [5, 5.41) is 3.49. The van der Waals surface area contributed by atoms with Gasteiger partial charge in [0.1, 0.15) is 11.5 Å². The van der Waals surface area contributed by atoms with Crippen LogP contribution in [0, 0.1) is 13.8 Å². The molecule has 0 fully saturated rings. The molecule has 0 aliphatic rings. The highest BCUT2D eigenvalue weighted by Crippen LogP contribution is 2.25. The standard InChI is InChI=1S/C18H25NO/c1-5-8-19-15(4)12-17-6-7-18(20-17)16-10-13(2)9-14(3)11-16/h6-7,9-11,15,19H,5,8,12H2,1-4H3. The minimum Gasteiger partial charge on any atom is -0.461 e. The summed E-state index contributed by atoms with van der Waals surface area (Å²) in [5.74, 6) is 2.02. The van der Waals surface area contributed by atoms with Gasteiger partial charge in [-0.2, -0.15) is 0 Å². The molecule has 0 amide bonds. The molecule has 1 N–H and O–H groups in total. The van der Waals surface area contributed by atoms with Gasteiger partial charge in [-0.25, -0.2) is 0 Å². The molecule has 108 valence electrons. The molecule has 2 rings (SSSR count). The molecule has 0 aliphatic heterocycles. The van der Waals surface area contributed by atoms with Crippen molar-refractivity contribution in [3.63, 3.8) is 0 Å². The average molecular weight is 271 g/mol. The molecule has 0 saturated carbocycles. The number of aryl methyl sites for hydroxylation is 2. The summed E-state index contributed by atoms with van der Waals surface area (Å²) in [6.45, 7) is 9.69. The Balaban J connectivity index is 2.08. The smallest absolute Gasteiger partial charge is 0.134 e. The molecule has 0 radical (unpaired) electrons. The zero-order valence-electron chi connectivity index (χ0n) is 13.0. The number of hydrogen-bond donors (Lipinski definition) is 1. The summed E-state index contributed by atoms with van der Waals surface area (Å²) in [6, 6.07) is 11.2. The second-order valence-electron chi connectivity index (χ2n) is 5.70. The third kappa shape index (κ3) is 3.97. The van der Waals surface area contributed by atoms with Gasteiger partial charge in [-0.3, -0.25) is 0 Å². The number of hydrogen-bond acceptors (Lipinski definition) is 2. The monoisotopic (exact) mass is 271 g/mol. The van der Waals surface area contributed by atoms with Crippen molar-refractivity contribution in [2.75, 3.05) is 6.54 Å². The van der Waals surface area contributed by atoms with E-state index in [4.69, 9.17) is 4.42 Å². The second-order valence-corrected chi connectivity index (χ2v) is 5.70. The lowest BCUT2D eigenvalue weighted by Gasteiger charge is -2.11. The first-order valence-electron chi connectivity index (χ1n) is 7.49. The van der Waals surface area contributed by atoms with E-state index in [1.165, 1.54) is 16.7 Å². The Morgan fingerprint density at radius 1 is 1.10 bits per heavy atom. The summed E-state index contributed by atoms with van der Waals surface area (Å²) in [4.78, 5) is 0. The first-order chi connectivity index (χ1) is 9.58. The van der Waals surface area contributed by atoms with Crippen molar-refractivity contribution in [1.29, 1.82) is 0 Å². The number of rotatable bonds is 6. The fourth-order valence-corrected chi connectivity index (χ4v) is 2.52. The SMILES string of the molecule is CCCNC(C)Cc1ccc(-c2cc(C)cc(C)c2)o1. The summed E-state index contributed by atoms with van der Waals surface area (Å²) in [7, 11) is 0. The molecule has 2 heteroatoms. The molecule has 0 saturated heterocycles. The Hall–Kier alpha value is -1.54. The van der Waals surface area contributed by atoms with E-state index >= 15 is 0 Å². The van der Waals surface area contributed by atoms with E-state index in [0.29, 0.717) is 6.04 Å². The van der Waals surface area contributed by atoms with E-state index < -0.39 is 0 Å². The topological polar surface area (TPSA) is 25.2 Å². The van der Waals surface area contributed by atoms with Gasteiger partial charge < -0.3 is 9.73 Å². The summed E-state index contributed by atoms with van der Waals surface area (Å²) < 4.78 is 5.99. The van der Waals surface area contributed by atoms with Crippen LogP contribution in [0.15, 0.2) is 34.7 Å². The van der Waals surface area contributed by atoms with Crippen LogP contribution in [0.5, 0.6) is 0 Å². The average Bonchev–Trinajstić information content (AvgIpc) is 2.83. The number of nitrogens with one attached hydrogen (secondary N) is 1. The third-order valence-corrected chi connectivity index (χ3v) is 3.42. The first-order valence-corrected chi connectivity index (χ1v) is 7.49. The van der Waals surface area contributed by atoms with Crippen LogP contribution < -0.4 is 5.32 Å². The van der Waals surface area contributed by atoms with Crippen LogP contribution >= 0.6 is 0 Å². The molecular formula is C18H25NO. The van der Waals surface area contributed by atoms with Crippen molar-refractivity contribution in [1.82, 2.24) is 5.32 Å². The fourth-order valence-electron chi connectivity index (χ4n) is 2.52. The van der Waals surface area contributed by atoms with Crippen molar-refractivity contribution in [2.45, 2.75) is 46.6 Å². The zero-order chi connectivity index (χ0) is 14.5. The first kappa shape index (κ1) is 14.9. The molecule has 0 bridgehead atoms. The number of furan rings is 1. The predicted molar refractivity (Wildman–Crippen MR) is 85.1 cm³/mol. The van der Waals surface area contributed by atoms with E-state index in [0.717, 1.165) is 30.9 Å². The quantitative estimate of drug-likeness (QED) is 0.837. The van der Waals surface area contributed by atoms with Gasteiger partial charge in [0.05, 0.1) is 0 Å². The third-order valence-electron chi connectivity index (χ3n) is 3.42. The highest BCUT2D eigenvalue weighted by atomic mass is 16.3. The minimum atomic E-state index is 0.452. The van der Waals surface area contributed by atoms with Crippen LogP contribution in [0.2, 0.25) is 0 Å². The summed E-state index contributed by atoms with van der Waals surface area (Å²) in [6.07, 6.45) is 2.10. The summed E-state index contributed by atoms with van der Waals surface area (Å²) >= 11 is 0. The lowest BCUT2D eigenvalue weighted by molar-refractivity contribution is 0.464. The highest BCUT2D eigenvalue weighted by molar-refractivity contribution is 5.59. The lowest BCUT2D eigenvalue weighted by Crippen LogP contribution is -2.28. The fraction of sp³-hybridized carbons (Fsp3) is 0.444. The van der Waals surface area contributed by atoms with Crippen LogP contribution in [-0.2, 0) is 6.42 Å². The summed E-state index contributed by atoms with van der Waals surface area (Å²) in [5.41, 5.74) is 3.72. The molecule has 1 unspecified atom stereocenters. The van der Waals surface area contributed by atoms with Crippen LogP contribution in [-0.4, -0.2) is 12.6 Å². The largest absolute Gasteiger partial charge is 0.461 e. The van der Waals surface area contributed by atoms with Crippen molar-refractivity contribution in [2.24, 2.45) is 0 Å². The van der Waals surface area contributed by atoms with Crippen molar-refractivity contribution < 1.29 is 4.42 Å². The lowest BCUT2D eigenvalue weighted by atomic mass is 10.1. The molecular weight excluding hydrogens is 246 g/mol. The predicted octanol–water partition coefficient (Wildman–Crippen LogP) is 4.49. The molecule has 20 heavy (non-hydrogen) atoms. The molecule has 2 nitrogen and oxygen atoms in total. The van der Waals surface area contributed by atoms with Crippen molar-refractivity contribution in [3.8, 4) is 11.3 Å². The Kier molecular flexibility index (Phi) is 5.02. The Labute approximate surface area is 122 Å². The van der Waals surface area contributed by atoms with Gasteiger partial charge in [0.25, 0.3) is 0 Å². The molecule has 1 heterocycles. The Bertz CT molecular complexity index is 536. The highest BCUT2D eigenvalue weighted by Gasteiger charge is 2.09. The maximum Gasteiger partial charge on any atom is 0.134 e. The van der Waals surface area contributed by atoms with E-state index in [9.17, 15) is 0 Å². The van der Waals surface area contributed by atoms with Gasteiger partial charge >= 0.3 is 0 Å². The normalized spacial score (nSPS) is 12.6. The Morgan fingerprint density at radius 3 is 2.45 bits per heavy atom. The Morgan fingerprint density at radius 2 is 1.80 bits per heavy atom. The van der Waals surface area contributed by atoms with Gasteiger partial charge in [0, 0.05) is 18.0 Å². The van der Waals surface area contributed by atoms with Crippen LogP contribution in [0.1, 0.15) is 37.2 Å². The van der Waals surface area contributed by atoms with Gasteiger partial charge in [0.2, 0.25) is 0 Å². The van der Waals surface area contributed by atoms with E-state index in [1.54, 1.807) is 0 Å². The van der Waals surface area contributed by atoms with Gasteiger partial charge in [-0.15, -0.1) is 0 Å². The molecule has 2 aromatic rings. The van der Waals surface area contributed by atoms with Gasteiger partial charge in [-0.05, 0) is 58.0 Å². The van der Waals surface area contributed by atoms with E-state index in [2.05, 4.69) is 63.3 Å². The molecule has 0 spiro atoms. The minimum absolute atomic E-state index is 0.452. The maximum atomic E-state index is 5.99. The van der Waals surface area contributed by atoms with Gasteiger partial charge in [-0.1, -0.05) is 24.1 Å². The molecule has 0 aliphatic carbocycles. The molecule has 1 atom stereocenters. The van der Waals surface area contributed by atoms with E-state index in [-0.39, 0.29) is 0 Å². The van der Waals surface area contributed by atoms with Crippen molar-refractivity contribution >= 4 is 0 Å². The van der Waals surface area contributed by atoms with E-state index in [1.807, 2.05) is 0 Å². The second kappa shape index (κ2) is 6.76. The molecule has 1 aromatic heterocycles. The molecule has 1 aromatic carbocycles. The van der Waals surface area contributed by atoms with Crippen molar-refractivity contribution in [3.05, 3.63) is 47.2 Å². The van der Waals surface area contributed by atoms with Crippen LogP contribution in [0.4, 0.5) is 0 Å². The number of benzene rings is 1. The maximum absolute atomic E-state index is 5.99. The zero-order valence-corrected chi connectivity index (χ0v) is 13.0. The van der Waals surface area contributed by atoms with Crippen LogP contribution in [0.25, 0.3) is 11.3 Å². The van der Waals surface area contributed by atoms with Gasteiger partial charge in [0.15, 0.2) is 0 Å².